The molecule has 23 heavy (non-hydrogen) atoms. The molecule has 0 radical (unpaired) electrons. The number of carbonyl (C=O) groups excluding carboxylic acids is 1. The summed E-state index contributed by atoms with van der Waals surface area (Å²) >= 11 is 0. The van der Waals surface area contributed by atoms with Gasteiger partial charge in [0.25, 0.3) is 0 Å². The summed E-state index contributed by atoms with van der Waals surface area (Å²) in [6.45, 7) is 1.44. The predicted octanol–water partition coefficient (Wildman–Crippen LogP) is 2.34. The van der Waals surface area contributed by atoms with Crippen LogP contribution in [0.4, 0.5) is 10.6 Å². The Balaban J connectivity index is 1.35. The van der Waals surface area contributed by atoms with E-state index in [1.165, 1.54) is 12.8 Å². The average Bonchev–Trinajstić information content (AvgIpc) is 3.34. The Hall–Kier alpha value is -2.41. The van der Waals surface area contributed by atoms with Crippen LogP contribution in [0.3, 0.4) is 0 Å². The number of aromatic nitrogens is 2. The fourth-order valence-corrected chi connectivity index (χ4v) is 2.67. The van der Waals surface area contributed by atoms with Gasteiger partial charge in [-0.15, -0.1) is 0 Å². The molecule has 7 heteroatoms. The molecule has 3 heterocycles. The lowest BCUT2D eigenvalue weighted by Gasteiger charge is -2.11. The fourth-order valence-electron chi connectivity index (χ4n) is 2.67. The van der Waals surface area contributed by atoms with Gasteiger partial charge in [0.05, 0.1) is 19.8 Å². The zero-order valence-electron chi connectivity index (χ0n) is 12.7. The molecule has 0 bridgehead atoms. The first kappa shape index (κ1) is 14.2. The van der Waals surface area contributed by atoms with Gasteiger partial charge >= 0.3 is 6.03 Å². The number of rotatable bonds is 4. The van der Waals surface area contributed by atoms with Crippen LogP contribution in [0, 0.1) is 0 Å². The van der Waals surface area contributed by atoms with Gasteiger partial charge in [0.1, 0.15) is 17.3 Å². The van der Waals surface area contributed by atoms with Crippen molar-refractivity contribution in [2.75, 3.05) is 11.9 Å². The topological polar surface area (TPSA) is 89.3 Å². The summed E-state index contributed by atoms with van der Waals surface area (Å²) in [6.07, 6.45) is 3.09. The molecule has 2 aliphatic rings. The third kappa shape index (κ3) is 3.19. The first-order chi connectivity index (χ1) is 11.3. The van der Waals surface area contributed by atoms with E-state index in [2.05, 4.69) is 20.8 Å². The third-order valence-corrected chi connectivity index (χ3v) is 4.10. The van der Waals surface area contributed by atoms with Crippen molar-refractivity contribution in [2.45, 2.75) is 38.3 Å². The molecule has 2 aromatic heterocycles. The number of nitrogens with one attached hydrogen (secondary N) is 2. The number of anilines is 1. The van der Waals surface area contributed by atoms with Gasteiger partial charge in [0.15, 0.2) is 0 Å². The van der Waals surface area contributed by atoms with Crippen LogP contribution in [0.15, 0.2) is 22.7 Å². The molecule has 1 aliphatic carbocycles. The van der Waals surface area contributed by atoms with Crippen molar-refractivity contribution >= 4 is 11.8 Å². The summed E-state index contributed by atoms with van der Waals surface area (Å²) in [6, 6.07) is 5.40. The zero-order valence-corrected chi connectivity index (χ0v) is 12.7. The van der Waals surface area contributed by atoms with Gasteiger partial charge < -0.3 is 14.6 Å². The lowest BCUT2D eigenvalue weighted by molar-refractivity contribution is 0.102. The molecule has 0 atom stereocenters. The summed E-state index contributed by atoms with van der Waals surface area (Å²) < 4.78 is 10.7. The van der Waals surface area contributed by atoms with Gasteiger partial charge in [-0.05, 0) is 25.0 Å². The Morgan fingerprint density at radius 2 is 2.26 bits per heavy atom. The number of hydrogen-bond acceptors (Lipinski definition) is 5. The molecule has 0 spiro atoms. The second-order valence-corrected chi connectivity index (χ2v) is 5.86. The van der Waals surface area contributed by atoms with E-state index in [0.717, 1.165) is 29.1 Å². The maximum absolute atomic E-state index is 12.0. The lowest BCUT2D eigenvalue weighted by Crippen LogP contribution is -2.29. The summed E-state index contributed by atoms with van der Waals surface area (Å²) in [5.41, 5.74) is 2.71. The van der Waals surface area contributed by atoms with Crippen LogP contribution in [0.2, 0.25) is 0 Å². The molecular formula is C16H18N4O3. The quantitative estimate of drug-likeness (QED) is 0.904. The lowest BCUT2D eigenvalue weighted by atomic mass is 10.1. The van der Waals surface area contributed by atoms with Gasteiger partial charge in [-0.25, -0.2) is 9.78 Å². The molecular weight excluding hydrogens is 296 g/mol. The van der Waals surface area contributed by atoms with Crippen molar-refractivity contribution in [1.29, 1.82) is 0 Å². The SMILES string of the molecule is O=C(NCc1noc2c1COCC2)Nc1cccc(C2CC2)n1. The van der Waals surface area contributed by atoms with E-state index in [0.29, 0.717) is 31.5 Å². The van der Waals surface area contributed by atoms with Crippen LogP contribution in [-0.2, 0) is 24.3 Å². The van der Waals surface area contributed by atoms with Crippen LogP contribution in [0.1, 0.15) is 41.5 Å². The Bertz CT molecular complexity index is 724. The first-order valence-electron chi connectivity index (χ1n) is 7.85. The molecule has 1 fully saturated rings. The normalized spacial score (nSPS) is 16.7. The highest BCUT2D eigenvalue weighted by Gasteiger charge is 2.25. The predicted molar refractivity (Wildman–Crippen MR) is 81.9 cm³/mol. The average molecular weight is 314 g/mol. The van der Waals surface area contributed by atoms with Gasteiger partial charge in [0.2, 0.25) is 0 Å². The number of ether oxygens (including phenoxy) is 1. The maximum atomic E-state index is 12.0. The van der Waals surface area contributed by atoms with E-state index in [4.69, 9.17) is 9.26 Å². The Morgan fingerprint density at radius 3 is 3.13 bits per heavy atom. The van der Waals surface area contributed by atoms with Gasteiger partial charge in [-0.2, -0.15) is 0 Å². The monoisotopic (exact) mass is 314 g/mol. The van der Waals surface area contributed by atoms with Crippen molar-refractivity contribution in [1.82, 2.24) is 15.5 Å². The zero-order chi connectivity index (χ0) is 15.6. The number of amides is 2. The molecule has 1 saturated carbocycles. The van der Waals surface area contributed by atoms with Crippen LogP contribution in [0.25, 0.3) is 0 Å². The molecule has 2 aromatic rings. The summed E-state index contributed by atoms with van der Waals surface area (Å²) in [7, 11) is 0. The number of fused-ring (bicyclic) bond motifs is 1. The highest BCUT2D eigenvalue weighted by molar-refractivity contribution is 5.88. The van der Waals surface area contributed by atoms with Crippen molar-refractivity contribution < 1.29 is 14.1 Å². The minimum absolute atomic E-state index is 0.302. The van der Waals surface area contributed by atoms with E-state index < -0.39 is 0 Å². The number of hydrogen-bond donors (Lipinski definition) is 2. The van der Waals surface area contributed by atoms with Crippen LogP contribution >= 0.6 is 0 Å². The number of urea groups is 1. The van der Waals surface area contributed by atoms with Crippen LogP contribution in [0.5, 0.6) is 0 Å². The smallest absolute Gasteiger partial charge is 0.320 e. The number of carbonyl (C=O) groups is 1. The Labute approximate surface area is 133 Å². The van der Waals surface area contributed by atoms with Crippen LogP contribution in [-0.4, -0.2) is 22.8 Å². The summed E-state index contributed by atoms with van der Waals surface area (Å²) in [4.78, 5) is 16.5. The molecule has 0 aromatic carbocycles. The summed E-state index contributed by atoms with van der Waals surface area (Å²) in [5.74, 6) is 1.98. The first-order valence-corrected chi connectivity index (χ1v) is 7.85. The largest absolute Gasteiger partial charge is 0.376 e. The Kier molecular flexibility index (Phi) is 3.70. The third-order valence-electron chi connectivity index (χ3n) is 4.10. The molecule has 120 valence electrons. The molecule has 7 nitrogen and oxygen atoms in total. The molecule has 2 amide bonds. The molecule has 0 saturated heterocycles. The number of nitrogens with zero attached hydrogens (tertiary/aromatic N) is 2. The summed E-state index contributed by atoms with van der Waals surface area (Å²) in [5, 5.41) is 9.55. The highest BCUT2D eigenvalue weighted by atomic mass is 16.5. The van der Waals surface area contributed by atoms with Crippen molar-refractivity contribution in [3.05, 3.63) is 40.9 Å². The number of pyridine rings is 1. The molecule has 0 unspecified atom stereocenters. The van der Waals surface area contributed by atoms with Gasteiger partial charge in [-0.3, -0.25) is 5.32 Å². The van der Waals surface area contributed by atoms with Crippen molar-refractivity contribution in [3.63, 3.8) is 0 Å². The van der Waals surface area contributed by atoms with E-state index >= 15 is 0 Å². The standard InChI is InChI=1S/C16H18N4O3/c21-16(19-15-3-1-2-12(18-15)10-4-5-10)17-8-13-11-9-22-7-6-14(11)23-20-13/h1-3,10H,4-9H2,(H2,17,18,19,21). The van der Waals surface area contributed by atoms with E-state index in [1.54, 1.807) is 6.07 Å². The second-order valence-electron chi connectivity index (χ2n) is 5.86. The molecule has 4 rings (SSSR count). The maximum Gasteiger partial charge on any atom is 0.320 e. The fraction of sp³-hybridized carbons (Fsp3) is 0.438. The van der Waals surface area contributed by atoms with E-state index in [-0.39, 0.29) is 6.03 Å². The minimum Gasteiger partial charge on any atom is -0.376 e. The Morgan fingerprint density at radius 1 is 1.35 bits per heavy atom. The van der Waals surface area contributed by atoms with E-state index in [1.807, 2.05) is 12.1 Å². The molecule has 2 N–H and O–H groups in total. The van der Waals surface area contributed by atoms with Crippen LogP contribution < -0.4 is 10.6 Å². The van der Waals surface area contributed by atoms with Crippen molar-refractivity contribution in [3.8, 4) is 0 Å². The van der Waals surface area contributed by atoms with Gasteiger partial charge in [-0.1, -0.05) is 11.2 Å². The molecule has 1 aliphatic heterocycles. The second kappa shape index (κ2) is 6.00. The minimum atomic E-state index is -0.307. The highest BCUT2D eigenvalue weighted by Crippen LogP contribution is 2.39. The van der Waals surface area contributed by atoms with Crippen molar-refractivity contribution in [2.24, 2.45) is 0 Å². The van der Waals surface area contributed by atoms with Gasteiger partial charge in [0, 0.05) is 23.6 Å². The van der Waals surface area contributed by atoms with E-state index in [9.17, 15) is 4.79 Å².